The molecular weight excluding hydrogens is 337 g/mol. The maximum Gasteiger partial charge on any atom is 0.180 e. The molecule has 0 amide bonds. The summed E-state index contributed by atoms with van der Waals surface area (Å²) in [6.07, 6.45) is 5.86. The lowest BCUT2D eigenvalue weighted by molar-refractivity contribution is 0.585. The van der Waals surface area contributed by atoms with E-state index in [1.54, 1.807) is 24.8 Å². The van der Waals surface area contributed by atoms with Crippen LogP contribution in [0.2, 0.25) is 0 Å². The number of hydrogen-bond donors (Lipinski definition) is 0. The van der Waals surface area contributed by atoms with E-state index < -0.39 is 0 Å². The topological polar surface area (TPSA) is 46.3 Å². The molecule has 3 heterocycles. The number of nitrogens with zero attached hydrogens (tertiary/aromatic N) is 5. The fourth-order valence-corrected chi connectivity index (χ4v) is 3.33. The molecule has 3 aromatic rings. The first-order valence-electron chi connectivity index (χ1n) is 6.58. The summed E-state index contributed by atoms with van der Waals surface area (Å²) in [6, 6.07) is 3.27. The van der Waals surface area contributed by atoms with Gasteiger partial charge in [-0.05, 0) is 24.1 Å². The number of halogens is 2. The summed E-state index contributed by atoms with van der Waals surface area (Å²) in [5.41, 5.74) is 2.48. The molecule has 1 aliphatic heterocycles. The highest BCUT2D eigenvalue weighted by atomic mass is 79.9. The van der Waals surface area contributed by atoms with Crippen molar-refractivity contribution in [3.8, 4) is 0 Å². The van der Waals surface area contributed by atoms with Gasteiger partial charge < -0.3 is 4.90 Å². The number of fused-ring (bicyclic) bond motifs is 2. The first kappa shape index (κ1) is 12.7. The van der Waals surface area contributed by atoms with Gasteiger partial charge in [-0.15, -0.1) is 10.2 Å². The van der Waals surface area contributed by atoms with E-state index in [0.717, 1.165) is 34.4 Å². The van der Waals surface area contributed by atoms with Gasteiger partial charge in [0.2, 0.25) is 0 Å². The van der Waals surface area contributed by atoms with Crippen LogP contribution in [0, 0.1) is 5.82 Å². The summed E-state index contributed by atoms with van der Waals surface area (Å²) >= 11 is 3.50. The molecule has 0 saturated carbocycles. The summed E-state index contributed by atoms with van der Waals surface area (Å²) < 4.78 is 16.9. The molecule has 5 nitrogen and oxygen atoms in total. The van der Waals surface area contributed by atoms with E-state index in [-0.39, 0.29) is 5.82 Å². The maximum atomic E-state index is 14.1. The van der Waals surface area contributed by atoms with Gasteiger partial charge in [-0.3, -0.25) is 9.38 Å². The average molecular weight is 348 g/mol. The molecule has 0 N–H and O–H groups in total. The van der Waals surface area contributed by atoms with Gasteiger partial charge in [0.1, 0.15) is 18.0 Å². The number of benzene rings is 1. The molecule has 0 atom stereocenters. The van der Waals surface area contributed by atoms with E-state index in [1.165, 1.54) is 6.07 Å². The van der Waals surface area contributed by atoms with Crippen LogP contribution in [0.25, 0.3) is 5.65 Å². The second-order valence-electron chi connectivity index (χ2n) is 4.98. The van der Waals surface area contributed by atoms with Gasteiger partial charge >= 0.3 is 0 Å². The van der Waals surface area contributed by atoms with E-state index in [0.29, 0.717) is 12.2 Å². The zero-order valence-electron chi connectivity index (χ0n) is 11.0. The number of aromatic nitrogens is 4. The van der Waals surface area contributed by atoms with Crippen molar-refractivity contribution in [3.05, 3.63) is 52.3 Å². The Kier molecular flexibility index (Phi) is 2.88. The molecule has 0 spiro atoms. The summed E-state index contributed by atoms with van der Waals surface area (Å²) in [6.45, 7) is 1.31. The molecular formula is C14H11BrFN5. The van der Waals surface area contributed by atoms with Crippen molar-refractivity contribution in [2.45, 2.75) is 13.0 Å². The minimum atomic E-state index is -0.165. The SMILES string of the molecule is Fc1ccc(Br)c2c1CN(c1cncc3nncn13)CC2. The Morgan fingerprint density at radius 1 is 1.19 bits per heavy atom. The van der Waals surface area contributed by atoms with Crippen molar-refractivity contribution in [2.75, 3.05) is 11.4 Å². The zero-order chi connectivity index (χ0) is 14.4. The minimum Gasteiger partial charge on any atom is -0.352 e. The van der Waals surface area contributed by atoms with Gasteiger partial charge in [0, 0.05) is 23.1 Å². The summed E-state index contributed by atoms with van der Waals surface area (Å²) in [7, 11) is 0. The Morgan fingerprint density at radius 3 is 3.00 bits per heavy atom. The lowest BCUT2D eigenvalue weighted by Crippen LogP contribution is -2.32. The first-order chi connectivity index (χ1) is 10.2. The molecule has 0 aliphatic carbocycles. The van der Waals surface area contributed by atoms with Gasteiger partial charge in [-0.1, -0.05) is 15.9 Å². The Hall–Kier alpha value is -2.02. The lowest BCUT2D eigenvalue weighted by atomic mass is 9.99. The van der Waals surface area contributed by atoms with E-state index in [1.807, 2.05) is 4.40 Å². The van der Waals surface area contributed by atoms with Crippen LogP contribution in [0.15, 0.2) is 35.3 Å². The highest BCUT2D eigenvalue weighted by Crippen LogP contribution is 2.30. The molecule has 4 rings (SSSR count). The van der Waals surface area contributed by atoms with Crippen molar-refractivity contribution in [2.24, 2.45) is 0 Å². The lowest BCUT2D eigenvalue weighted by Gasteiger charge is -2.31. The predicted octanol–water partition coefficient (Wildman–Crippen LogP) is 2.59. The predicted molar refractivity (Wildman–Crippen MR) is 79.6 cm³/mol. The van der Waals surface area contributed by atoms with Crippen LogP contribution in [-0.2, 0) is 13.0 Å². The van der Waals surface area contributed by atoms with Crippen molar-refractivity contribution < 1.29 is 4.39 Å². The number of rotatable bonds is 1. The van der Waals surface area contributed by atoms with E-state index in [2.05, 4.69) is 36.0 Å². The van der Waals surface area contributed by atoms with E-state index in [9.17, 15) is 4.39 Å². The van der Waals surface area contributed by atoms with Gasteiger partial charge in [-0.25, -0.2) is 4.39 Å². The van der Waals surface area contributed by atoms with Crippen molar-refractivity contribution in [3.63, 3.8) is 0 Å². The van der Waals surface area contributed by atoms with Gasteiger partial charge in [-0.2, -0.15) is 0 Å². The van der Waals surface area contributed by atoms with Gasteiger partial charge in [0.25, 0.3) is 0 Å². The second-order valence-corrected chi connectivity index (χ2v) is 5.84. The molecule has 1 aromatic carbocycles. The monoisotopic (exact) mass is 347 g/mol. The van der Waals surface area contributed by atoms with Crippen LogP contribution in [-0.4, -0.2) is 26.1 Å². The fraction of sp³-hybridized carbons (Fsp3) is 0.214. The normalized spacial score (nSPS) is 14.5. The molecule has 2 aromatic heterocycles. The number of hydrogen-bond acceptors (Lipinski definition) is 4. The Bertz CT molecular complexity index is 831. The van der Waals surface area contributed by atoms with E-state index >= 15 is 0 Å². The van der Waals surface area contributed by atoms with Crippen LogP contribution in [0.3, 0.4) is 0 Å². The molecule has 21 heavy (non-hydrogen) atoms. The van der Waals surface area contributed by atoms with Gasteiger partial charge in [0.15, 0.2) is 5.65 Å². The first-order valence-corrected chi connectivity index (χ1v) is 7.38. The van der Waals surface area contributed by atoms with Crippen LogP contribution >= 0.6 is 15.9 Å². The Balaban J connectivity index is 1.79. The fourth-order valence-electron chi connectivity index (χ4n) is 2.76. The zero-order valence-corrected chi connectivity index (χ0v) is 12.6. The third-order valence-corrected chi connectivity index (χ3v) is 4.57. The van der Waals surface area contributed by atoms with Crippen LogP contribution in [0.4, 0.5) is 10.2 Å². The van der Waals surface area contributed by atoms with Crippen LogP contribution in [0.5, 0.6) is 0 Å². The second kappa shape index (κ2) is 4.77. The molecule has 0 saturated heterocycles. The quantitative estimate of drug-likeness (QED) is 0.678. The molecule has 1 aliphatic rings. The maximum absolute atomic E-state index is 14.1. The van der Waals surface area contributed by atoms with Crippen LogP contribution in [0.1, 0.15) is 11.1 Å². The molecule has 0 radical (unpaired) electrons. The van der Waals surface area contributed by atoms with Crippen LogP contribution < -0.4 is 4.90 Å². The van der Waals surface area contributed by atoms with Gasteiger partial charge in [0.05, 0.1) is 12.4 Å². The summed E-state index contributed by atoms with van der Waals surface area (Å²) in [5.74, 6) is 0.712. The summed E-state index contributed by atoms with van der Waals surface area (Å²) in [5, 5.41) is 7.89. The summed E-state index contributed by atoms with van der Waals surface area (Å²) in [4.78, 5) is 6.29. The van der Waals surface area contributed by atoms with Crippen molar-refractivity contribution in [1.82, 2.24) is 19.6 Å². The Labute approximate surface area is 128 Å². The molecule has 106 valence electrons. The van der Waals surface area contributed by atoms with Crippen molar-refractivity contribution in [1.29, 1.82) is 0 Å². The minimum absolute atomic E-state index is 0.165. The molecule has 0 fully saturated rings. The highest BCUT2D eigenvalue weighted by Gasteiger charge is 2.23. The molecule has 7 heteroatoms. The standard InChI is InChI=1S/C14H11BrFN5/c15-11-1-2-12(16)10-7-20(4-3-9(10)11)14-6-17-5-13-19-18-8-21(13)14/h1-2,5-6,8H,3-4,7H2. The van der Waals surface area contributed by atoms with E-state index in [4.69, 9.17) is 0 Å². The average Bonchev–Trinajstić information content (AvgIpc) is 2.99. The molecule has 0 bridgehead atoms. The Morgan fingerprint density at radius 2 is 2.10 bits per heavy atom. The third-order valence-electron chi connectivity index (χ3n) is 3.82. The third kappa shape index (κ3) is 1.99. The highest BCUT2D eigenvalue weighted by molar-refractivity contribution is 9.10. The largest absolute Gasteiger partial charge is 0.352 e. The van der Waals surface area contributed by atoms with Crippen molar-refractivity contribution >= 4 is 27.4 Å². The number of anilines is 1. The smallest absolute Gasteiger partial charge is 0.180 e. The molecule has 0 unspecified atom stereocenters.